The van der Waals surface area contributed by atoms with Crippen molar-refractivity contribution in [3.05, 3.63) is 23.8 Å². The van der Waals surface area contributed by atoms with Gasteiger partial charge in [-0.3, -0.25) is 0 Å². The monoisotopic (exact) mass is 326 g/mol. The molecule has 0 saturated carbocycles. The van der Waals surface area contributed by atoms with Gasteiger partial charge in [0.1, 0.15) is 6.54 Å². The Labute approximate surface area is 119 Å². The van der Waals surface area contributed by atoms with Crippen LogP contribution in [0.25, 0.3) is 0 Å². The number of hydrogen-bond acceptors (Lipinski definition) is 4. The lowest BCUT2D eigenvalue weighted by molar-refractivity contribution is -0.135. The Morgan fingerprint density at radius 3 is 2.38 bits per heavy atom. The summed E-state index contributed by atoms with van der Waals surface area (Å²) in [4.78, 5) is 10.3. The average molecular weight is 326 g/mol. The van der Waals surface area contributed by atoms with Crippen LogP contribution in [0.3, 0.4) is 0 Å². The van der Waals surface area contributed by atoms with E-state index in [-0.39, 0.29) is 9.99 Å². The van der Waals surface area contributed by atoms with Crippen molar-refractivity contribution in [1.29, 1.82) is 0 Å². The van der Waals surface area contributed by atoms with E-state index in [2.05, 4.69) is 0 Å². The maximum absolute atomic E-state index is 12.4. The maximum Gasteiger partial charge on any atom is 0.402 e. The molecular formula is C11H13F3N2O4S. The van der Waals surface area contributed by atoms with Crippen molar-refractivity contribution in [1.82, 2.24) is 4.31 Å². The molecule has 0 aliphatic heterocycles. The zero-order chi connectivity index (χ0) is 16.4. The number of nitrogens with zero attached hydrogens (tertiary/aromatic N) is 1. The molecule has 21 heavy (non-hydrogen) atoms. The molecule has 0 spiro atoms. The van der Waals surface area contributed by atoms with Gasteiger partial charge in [0.15, 0.2) is 0 Å². The smallest absolute Gasteiger partial charge is 0.402 e. The van der Waals surface area contributed by atoms with Gasteiger partial charge in [-0.05, 0) is 18.2 Å². The molecule has 0 fully saturated rings. The second kappa shape index (κ2) is 5.90. The van der Waals surface area contributed by atoms with Gasteiger partial charge in [0.25, 0.3) is 0 Å². The van der Waals surface area contributed by atoms with Crippen LogP contribution >= 0.6 is 0 Å². The number of aromatic carboxylic acids is 1. The average Bonchev–Trinajstić information content (AvgIpc) is 2.34. The summed E-state index contributed by atoms with van der Waals surface area (Å²) >= 11 is 0. The largest absolute Gasteiger partial charge is 0.478 e. The number of anilines is 1. The van der Waals surface area contributed by atoms with Crippen LogP contribution in [0.1, 0.15) is 17.3 Å². The molecule has 0 heterocycles. The SMILES string of the molecule is CCN(CC(F)(F)F)S(=O)(=O)c1ccc(N)cc1C(=O)O. The van der Waals surface area contributed by atoms with Crippen LogP contribution in [-0.2, 0) is 10.0 Å². The second-order valence-corrected chi connectivity index (χ2v) is 6.01. The molecule has 0 atom stereocenters. The topological polar surface area (TPSA) is 101 Å². The van der Waals surface area contributed by atoms with E-state index in [1.807, 2.05) is 0 Å². The minimum absolute atomic E-state index is 0.00906. The molecule has 1 aromatic carbocycles. The number of alkyl halides is 3. The predicted octanol–water partition coefficient (Wildman–Crippen LogP) is 1.54. The van der Waals surface area contributed by atoms with Crippen LogP contribution < -0.4 is 5.73 Å². The first-order valence-corrected chi connectivity index (χ1v) is 7.12. The third kappa shape index (κ3) is 4.08. The summed E-state index contributed by atoms with van der Waals surface area (Å²) in [6.07, 6.45) is -4.74. The summed E-state index contributed by atoms with van der Waals surface area (Å²) in [5.74, 6) is -1.59. The molecular weight excluding hydrogens is 313 g/mol. The van der Waals surface area contributed by atoms with E-state index < -0.39 is 45.7 Å². The first-order chi connectivity index (χ1) is 9.49. The highest BCUT2D eigenvalue weighted by atomic mass is 32.2. The highest BCUT2D eigenvalue weighted by molar-refractivity contribution is 7.89. The first-order valence-electron chi connectivity index (χ1n) is 5.68. The molecule has 0 radical (unpaired) electrons. The maximum atomic E-state index is 12.4. The molecule has 1 aromatic rings. The van der Waals surface area contributed by atoms with Gasteiger partial charge in [-0.2, -0.15) is 17.5 Å². The third-order valence-electron chi connectivity index (χ3n) is 2.56. The number of sulfonamides is 1. The van der Waals surface area contributed by atoms with Crippen LogP contribution in [0.5, 0.6) is 0 Å². The number of benzene rings is 1. The number of hydrogen-bond donors (Lipinski definition) is 2. The summed E-state index contributed by atoms with van der Waals surface area (Å²) in [6, 6.07) is 2.88. The Kier molecular flexibility index (Phi) is 4.84. The van der Waals surface area contributed by atoms with Crippen molar-refractivity contribution in [2.24, 2.45) is 0 Å². The van der Waals surface area contributed by atoms with Crippen molar-refractivity contribution < 1.29 is 31.5 Å². The number of carboxylic acids is 1. The molecule has 10 heteroatoms. The number of carboxylic acid groups (broad SMARTS) is 1. The minimum atomic E-state index is -4.74. The van der Waals surface area contributed by atoms with Gasteiger partial charge in [0.05, 0.1) is 10.5 Å². The molecule has 0 amide bonds. The summed E-state index contributed by atoms with van der Waals surface area (Å²) in [6.45, 7) is -0.929. The molecule has 0 unspecified atom stereocenters. The molecule has 0 saturated heterocycles. The Hall–Kier alpha value is -1.81. The van der Waals surface area contributed by atoms with Gasteiger partial charge in [0, 0.05) is 12.2 Å². The van der Waals surface area contributed by atoms with Crippen molar-refractivity contribution in [2.75, 3.05) is 18.8 Å². The van der Waals surface area contributed by atoms with Gasteiger partial charge in [-0.25, -0.2) is 13.2 Å². The summed E-state index contributed by atoms with van der Waals surface area (Å²) in [5.41, 5.74) is 4.69. The molecule has 118 valence electrons. The van der Waals surface area contributed by atoms with Gasteiger partial charge in [0.2, 0.25) is 10.0 Å². The van der Waals surface area contributed by atoms with Crippen LogP contribution in [0.15, 0.2) is 23.1 Å². The van der Waals surface area contributed by atoms with Crippen molar-refractivity contribution in [3.63, 3.8) is 0 Å². The van der Waals surface area contributed by atoms with Gasteiger partial charge in [-0.1, -0.05) is 6.92 Å². The number of nitrogens with two attached hydrogens (primary N) is 1. The molecule has 1 rings (SSSR count). The van der Waals surface area contributed by atoms with Gasteiger partial charge in [-0.15, -0.1) is 0 Å². The highest BCUT2D eigenvalue weighted by Gasteiger charge is 2.37. The summed E-state index contributed by atoms with van der Waals surface area (Å²) in [7, 11) is -4.60. The fraction of sp³-hybridized carbons (Fsp3) is 0.364. The van der Waals surface area contributed by atoms with Crippen LogP contribution in [0.2, 0.25) is 0 Å². The molecule has 6 nitrogen and oxygen atoms in total. The summed E-state index contributed by atoms with van der Waals surface area (Å²) in [5, 5.41) is 8.98. The van der Waals surface area contributed by atoms with Crippen LogP contribution in [-0.4, -0.2) is 43.1 Å². The predicted molar refractivity (Wildman–Crippen MR) is 68.3 cm³/mol. The fourth-order valence-electron chi connectivity index (χ4n) is 1.65. The minimum Gasteiger partial charge on any atom is -0.478 e. The second-order valence-electron chi connectivity index (χ2n) is 4.11. The Morgan fingerprint density at radius 1 is 1.38 bits per heavy atom. The zero-order valence-electron chi connectivity index (χ0n) is 10.9. The highest BCUT2D eigenvalue weighted by Crippen LogP contribution is 2.26. The third-order valence-corrected chi connectivity index (χ3v) is 4.54. The number of rotatable bonds is 5. The van der Waals surface area contributed by atoms with Crippen molar-refractivity contribution in [2.45, 2.75) is 18.0 Å². The molecule has 0 aliphatic carbocycles. The van der Waals surface area contributed by atoms with Gasteiger partial charge >= 0.3 is 12.1 Å². The molecule has 0 aromatic heterocycles. The van der Waals surface area contributed by atoms with E-state index in [1.54, 1.807) is 0 Å². The lowest BCUT2D eigenvalue weighted by atomic mass is 10.2. The molecule has 0 aliphatic rings. The lowest BCUT2D eigenvalue weighted by Gasteiger charge is -2.22. The number of carbonyl (C=O) groups is 1. The Balaban J connectivity index is 3.39. The van der Waals surface area contributed by atoms with E-state index >= 15 is 0 Å². The fourth-order valence-corrected chi connectivity index (χ4v) is 3.24. The normalized spacial score (nSPS) is 12.6. The van der Waals surface area contributed by atoms with E-state index in [0.717, 1.165) is 18.2 Å². The van der Waals surface area contributed by atoms with E-state index in [0.29, 0.717) is 0 Å². The standard InChI is InChI=1S/C11H13F3N2O4S/c1-2-16(6-11(12,13)14)21(19,20)9-4-3-7(15)5-8(9)10(17)18/h3-5H,2,6,15H2,1H3,(H,17,18). The Bertz CT molecular complexity index is 643. The lowest BCUT2D eigenvalue weighted by Crippen LogP contribution is -2.39. The summed E-state index contributed by atoms with van der Waals surface area (Å²) < 4.78 is 61.8. The van der Waals surface area contributed by atoms with E-state index in [1.165, 1.54) is 6.92 Å². The molecule has 3 N–H and O–H groups in total. The Morgan fingerprint density at radius 2 is 1.95 bits per heavy atom. The van der Waals surface area contributed by atoms with Crippen LogP contribution in [0, 0.1) is 0 Å². The molecule has 0 bridgehead atoms. The number of nitrogen functional groups attached to an aromatic ring is 1. The van der Waals surface area contributed by atoms with Crippen molar-refractivity contribution in [3.8, 4) is 0 Å². The van der Waals surface area contributed by atoms with Crippen molar-refractivity contribution >= 4 is 21.7 Å². The van der Waals surface area contributed by atoms with Crippen LogP contribution in [0.4, 0.5) is 18.9 Å². The van der Waals surface area contributed by atoms with E-state index in [4.69, 9.17) is 10.8 Å². The number of halogens is 3. The zero-order valence-corrected chi connectivity index (χ0v) is 11.7. The first kappa shape index (κ1) is 17.2. The quantitative estimate of drug-likeness (QED) is 0.799. The van der Waals surface area contributed by atoms with E-state index in [9.17, 15) is 26.4 Å². The van der Waals surface area contributed by atoms with Gasteiger partial charge < -0.3 is 10.8 Å².